The number of anilines is 1. The largest absolute Gasteiger partial charge is 0.497 e. The van der Waals surface area contributed by atoms with E-state index in [4.69, 9.17) is 9.47 Å². The molecular weight excluding hydrogens is 470 g/mol. The third-order valence-corrected chi connectivity index (χ3v) is 6.69. The fourth-order valence-electron chi connectivity index (χ4n) is 3.91. The maximum absolute atomic E-state index is 11.7. The van der Waals surface area contributed by atoms with Crippen LogP contribution < -0.4 is 13.8 Å². The summed E-state index contributed by atoms with van der Waals surface area (Å²) in [7, 11) is 3.30. The molecule has 4 rings (SSSR count). The number of hydrogen-bond acceptors (Lipinski definition) is 5. The number of aliphatic carboxylic acids is 1. The third-order valence-electron chi connectivity index (χ3n) is 5.66. The van der Waals surface area contributed by atoms with Crippen LogP contribution in [-0.4, -0.2) is 31.8 Å². The van der Waals surface area contributed by atoms with Gasteiger partial charge in [0.25, 0.3) is 0 Å². The zero-order chi connectivity index (χ0) is 25.9. The van der Waals surface area contributed by atoms with Gasteiger partial charge in [0.05, 0.1) is 19.9 Å². The Labute approximate surface area is 217 Å². The van der Waals surface area contributed by atoms with Crippen LogP contribution in [0.3, 0.4) is 0 Å². The van der Waals surface area contributed by atoms with Crippen molar-refractivity contribution < 1.29 is 19.4 Å². The molecule has 0 saturated carbocycles. The van der Waals surface area contributed by atoms with Crippen LogP contribution in [0.25, 0.3) is 10.8 Å². The minimum absolute atomic E-state index is 0.119. The van der Waals surface area contributed by atoms with Gasteiger partial charge in [-0.05, 0) is 83.8 Å². The summed E-state index contributed by atoms with van der Waals surface area (Å²) >= 11 is 1.41. The van der Waals surface area contributed by atoms with Crippen molar-refractivity contribution in [2.75, 3.05) is 25.1 Å². The van der Waals surface area contributed by atoms with E-state index in [0.717, 1.165) is 45.7 Å². The predicted octanol–water partition coefficient (Wildman–Crippen LogP) is 7.27. The Hall–Kier alpha value is -3.64. The number of carbonyl (C=O) groups is 1. The maximum Gasteiger partial charge on any atom is 0.324 e. The molecule has 0 heterocycles. The lowest BCUT2D eigenvalue weighted by atomic mass is 9.97. The Kier molecular flexibility index (Phi) is 10.1. The number of methoxy groups -OCH3 is 2. The number of nitrogens with zero attached hydrogens (tertiary/aromatic N) is 1. The van der Waals surface area contributed by atoms with E-state index in [1.165, 1.54) is 23.1 Å². The van der Waals surface area contributed by atoms with E-state index < -0.39 is 5.97 Å². The van der Waals surface area contributed by atoms with Crippen molar-refractivity contribution in [2.24, 2.45) is 0 Å². The van der Waals surface area contributed by atoms with Crippen LogP contribution in [0.2, 0.25) is 0 Å². The summed E-state index contributed by atoms with van der Waals surface area (Å²) in [4.78, 5) is 12.6. The topological polar surface area (TPSA) is 59.0 Å². The molecule has 6 heteroatoms. The predicted molar refractivity (Wildman–Crippen MR) is 150 cm³/mol. The number of ether oxygens (including phenoxy) is 2. The van der Waals surface area contributed by atoms with Crippen LogP contribution in [0.4, 0.5) is 5.69 Å². The fraction of sp³-hybridized carbons (Fsp3) is 0.233. The Balaban J connectivity index is 0.00000176. The number of carboxylic acid groups (broad SMARTS) is 1. The first-order chi connectivity index (χ1) is 17.6. The van der Waals surface area contributed by atoms with Gasteiger partial charge >= 0.3 is 5.97 Å². The molecule has 0 spiro atoms. The lowest BCUT2D eigenvalue weighted by molar-refractivity contribution is -0.135. The van der Waals surface area contributed by atoms with Gasteiger partial charge in [-0.15, -0.1) is 0 Å². The Morgan fingerprint density at radius 1 is 0.778 bits per heavy atom. The summed E-state index contributed by atoms with van der Waals surface area (Å²) in [5.74, 6) is 0.737. The molecule has 0 aliphatic heterocycles. The smallest absolute Gasteiger partial charge is 0.324 e. The Morgan fingerprint density at radius 2 is 1.36 bits per heavy atom. The number of hydrogen-bond donors (Lipinski definition) is 1. The van der Waals surface area contributed by atoms with Gasteiger partial charge in [-0.1, -0.05) is 56.3 Å². The number of carboxylic acids is 1. The van der Waals surface area contributed by atoms with Crippen LogP contribution in [0.15, 0.2) is 89.8 Å². The fourth-order valence-corrected chi connectivity index (χ4v) is 4.85. The molecule has 0 aliphatic rings. The molecule has 4 aromatic rings. The summed E-state index contributed by atoms with van der Waals surface area (Å²) in [6, 6.07) is 28.1. The SMILES string of the molecule is CC.COc1ccc(CCc2ccc(N(CC(=O)O)Sc3ccc(OC)cc3)c3ccccc23)cc1. The van der Waals surface area contributed by atoms with Gasteiger partial charge in [-0.2, -0.15) is 0 Å². The average molecular weight is 504 g/mol. The molecule has 0 aliphatic carbocycles. The van der Waals surface area contributed by atoms with Crippen LogP contribution in [0.1, 0.15) is 25.0 Å². The molecule has 1 N–H and O–H groups in total. The number of rotatable bonds is 10. The van der Waals surface area contributed by atoms with Crippen LogP contribution in [0, 0.1) is 0 Å². The summed E-state index contributed by atoms with van der Waals surface area (Å²) < 4.78 is 12.3. The van der Waals surface area contributed by atoms with Crippen LogP contribution in [0.5, 0.6) is 11.5 Å². The third kappa shape index (κ3) is 6.95. The van der Waals surface area contributed by atoms with E-state index in [9.17, 15) is 9.90 Å². The maximum atomic E-state index is 11.7. The molecule has 0 amide bonds. The van der Waals surface area contributed by atoms with E-state index in [2.05, 4.69) is 30.3 Å². The van der Waals surface area contributed by atoms with Crippen molar-refractivity contribution in [3.05, 3.63) is 96.1 Å². The van der Waals surface area contributed by atoms with Gasteiger partial charge in [0, 0.05) is 10.3 Å². The van der Waals surface area contributed by atoms with Crippen LogP contribution in [-0.2, 0) is 17.6 Å². The molecule has 4 aromatic carbocycles. The number of fused-ring (bicyclic) bond motifs is 1. The van der Waals surface area contributed by atoms with Crippen molar-refractivity contribution in [2.45, 2.75) is 31.6 Å². The minimum atomic E-state index is -0.881. The molecule has 0 saturated heterocycles. The van der Waals surface area contributed by atoms with Crippen molar-refractivity contribution in [3.63, 3.8) is 0 Å². The van der Waals surface area contributed by atoms with Crippen molar-refractivity contribution in [3.8, 4) is 11.5 Å². The minimum Gasteiger partial charge on any atom is -0.497 e. The molecule has 0 fully saturated rings. The normalized spacial score (nSPS) is 10.3. The van der Waals surface area contributed by atoms with Crippen molar-refractivity contribution in [1.29, 1.82) is 0 Å². The van der Waals surface area contributed by atoms with E-state index in [1.807, 2.05) is 72.7 Å². The Bertz CT molecular complexity index is 1260. The highest BCUT2D eigenvalue weighted by atomic mass is 32.2. The molecule has 0 aromatic heterocycles. The second kappa shape index (κ2) is 13.4. The summed E-state index contributed by atoms with van der Waals surface area (Å²) in [6.45, 7) is 3.88. The molecule has 0 radical (unpaired) electrons. The zero-order valence-corrected chi connectivity index (χ0v) is 22.0. The average Bonchev–Trinajstić information content (AvgIpc) is 2.93. The highest BCUT2D eigenvalue weighted by molar-refractivity contribution is 8.00. The second-order valence-electron chi connectivity index (χ2n) is 7.83. The molecule has 0 bridgehead atoms. The first-order valence-electron chi connectivity index (χ1n) is 12.0. The standard InChI is InChI=1S/C28H27NO4S.C2H6/c1-32-22-12-8-20(9-13-22)7-10-21-11-18-27(26-6-4-3-5-25(21)26)29(19-28(30)31)34-24-16-14-23(33-2)15-17-24;1-2/h3-6,8-9,11-18H,7,10,19H2,1-2H3,(H,30,31);1-2H3. The van der Waals surface area contributed by atoms with Crippen molar-refractivity contribution >= 4 is 34.4 Å². The molecule has 0 atom stereocenters. The highest BCUT2D eigenvalue weighted by Crippen LogP contribution is 2.36. The first-order valence-corrected chi connectivity index (χ1v) is 12.8. The lowest BCUT2D eigenvalue weighted by Crippen LogP contribution is -2.23. The number of benzene rings is 4. The lowest BCUT2D eigenvalue weighted by Gasteiger charge is -2.24. The summed E-state index contributed by atoms with van der Waals surface area (Å²) in [6.07, 6.45) is 1.80. The quantitative estimate of drug-likeness (QED) is 0.230. The van der Waals surface area contributed by atoms with E-state index in [0.29, 0.717) is 0 Å². The first kappa shape index (κ1) is 27.0. The van der Waals surface area contributed by atoms with Gasteiger partial charge in [0.2, 0.25) is 0 Å². The zero-order valence-electron chi connectivity index (χ0n) is 21.2. The molecule has 36 heavy (non-hydrogen) atoms. The van der Waals surface area contributed by atoms with Gasteiger partial charge in [-0.25, -0.2) is 0 Å². The Morgan fingerprint density at radius 3 is 1.94 bits per heavy atom. The van der Waals surface area contributed by atoms with E-state index in [-0.39, 0.29) is 6.54 Å². The van der Waals surface area contributed by atoms with Gasteiger partial charge < -0.3 is 18.9 Å². The van der Waals surface area contributed by atoms with Gasteiger partial charge in [-0.3, -0.25) is 4.79 Å². The molecule has 0 unspecified atom stereocenters. The highest BCUT2D eigenvalue weighted by Gasteiger charge is 2.17. The molecule has 5 nitrogen and oxygen atoms in total. The van der Waals surface area contributed by atoms with Gasteiger partial charge in [0.1, 0.15) is 18.0 Å². The second-order valence-corrected chi connectivity index (χ2v) is 8.93. The van der Waals surface area contributed by atoms with Crippen molar-refractivity contribution in [1.82, 2.24) is 0 Å². The monoisotopic (exact) mass is 503 g/mol. The van der Waals surface area contributed by atoms with Gasteiger partial charge in [0.15, 0.2) is 0 Å². The molecule has 188 valence electrons. The molecular formula is C30H33NO4S. The summed E-state index contributed by atoms with van der Waals surface area (Å²) in [5, 5.41) is 11.8. The van der Waals surface area contributed by atoms with Crippen LogP contribution >= 0.6 is 11.9 Å². The number of aryl methyl sites for hydroxylation is 2. The van der Waals surface area contributed by atoms with E-state index >= 15 is 0 Å². The summed E-state index contributed by atoms with van der Waals surface area (Å²) in [5.41, 5.74) is 3.36. The van der Waals surface area contributed by atoms with E-state index in [1.54, 1.807) is 14.2 Å².